The lowest BCUT2D eigenvalue weighted by Gasteiger charge is -2.22. The minimum atomic E-state index is 0.918. The van der Waals surface area contributed by atoms with E-state index in [1.165, 1.54) is 49.0 Å². The lowest BCUT2D eigenvalue weighted by molar-refractivity contribution is 0.487. The molecule has 1 nitrogen and oxygen atoms in total. The summed E-state index contributed by atoms with van der Waals surface area (Å²) in [6.45, 7) is 0. The summed E-state index contributed by atoms with van der Waals surface area (Å²) in [5.41, 5.74) is 4.81. The lowest BCUT2D eigenvalue weighted by Crippen LogP contribution is -1.97. The highest BCUT2D eigenvalue weighted by Crippen LogP contribution is 2.47. The summed E-state index contributed by atoms with van der Waals surface area (Å²) in [5, 5.41) is 7.54. The second-order valence-electron chi connectivity index (χ2n) is 8.20. The zero-order valence-corrected chi connectivity index (χ0v) is 16.8. The van der Waals surface area contributed by atoms with Gasteiger partial charge in [-0.25, -0.2) is 0 Å². The van der Waals surface area contributed by atoms with Gasteiger partial charge in [0.15, 0.2) is 0 Å². The maximum atomic E-state index is 6.26. The molecule has 1 heterocycles. The van der Waals surface area contributed by atoms with Gasteiger partial charge in [-0.15, -0.1) is 0 Å². The Balaban J connectivity index is 1.42. The monoisotopic (exact) mass is 394 g/mol. The molecule has 1 aliphatic rings. The van der Waals surface area contributed by atoms with Crippen LogP contribution in [0.4, 0.5) is 0 Å². The fraction of sp³-hybridized carbons (Fsp3) is 0. The summed E-state index contributed by atoms with van der Waals surface area (Å²) in [6.07, 6.45) is 0. The van der Waals surface area contributed by atoms with Crippen LogP contribution in [0.5, 0.6) is 11.5 Å². The van der Waals surface area contributed by atoms with Crippen LogP contribution in [0.3, 0.4) is 0 Å². The summed E-state index contributed by atoms with van der Waals surface area (Å²) in [6, 6.07) is 39.0. The second kappa shape index (κ2) is 6.20. The molecule has 6 aromatic carbocycles. The molecule has 6 aromatic rings. The normalized spacial score (nSPS) is 12.1. The molecule has 0 bridgehead atoms. The van der Waals surface area contributed by atoms with Gasteiger partial charge in [-0.2, -0.15) is 0 Å². The molecule has 1 aliphatic heterocycles. The van der Waals surface area contributed by atoms with Crippen molar-refractivity contribution in [3.63, 3.8) is 0 Å². The third-order valence-corrected chi connectivity index (χ3v) is 6.43. The van der Waals surface area contributed by atoms with Crippen molar-refractivity contribution in [2.45, 2.75) is 0 Å². The Morgan fingerprint density at radius 1 is 0.419 bits per heavy atom. The molecule has 0 fully saturated rings. The molecule has 0 saturated carbocycles. The molecule has 31 heavy (non-hydrogen) atoms. The van der Waals surface area contributed by atoms with Crippen LogP contribution in [0.1, 0.15) is 0 Å². The van der Waals surface area contributed by atoms with Crippen molar-refractivity contribution in [2.75, 3.05) is 0 Å². The van der Waals surface area contributed by atoms with Gasteiger partial charge in [0.2, 0.25) is 0 Å². The highest BCUT2D eigenvalue weighted by atomic mass is 16.5. The Morgan fingerprint density at radius 3 is 2.13 bits per heavy atom. The molecule has 1 heteroatoms. The van der Waals surface area contributed by atoms with Gasteiger partial charge in [-0.1, -0.05) is 84.9 Å². The van der Waals surface area contributed by atoms with Crippen LogP contribution in [0.15, 0.2) is 109 Å². The third-order valence-electron chi connectivity index (χ3n) is 6.43. The Bertz CT molecular complexity index is 1650. The number of benzene rings is 6. The van der Waals surface area contributed by atoms with Crippen LogP contribution in [-0.4, -0.2) is 0 Å². The van der Waals surface area contributed by atoms with Crippen LogP contribution in [0.25, 0.3) is 54.6 Å². The molecule has 0 atom stereocenters. The molecular formula is C30H18O. The zero-order valence-electron chi connectivity index (χ0n) is 16.8. The van der Waals surface area contributed by atoms with Crippen molar-refractivity contribution in [2.24, 2.45) is 0 Å². The van der Waals surface area contributed by atoms with Crippen LogP contribution in [-0.2, 0) is 0 Å². The van der Waals surface area contributed by atoms with Gasteiger partial charge in [0, 0.05) is 10.9 Å². The second-order valence-corrected chi connectivity index (χ2v) is 8.20. The largest absolute Gasteiger partial charge is 0.456 e. The first-order chi connectivity index (χ1) is 15.3. The van der Waals surface area contributed by atoms with E-state index in [0.29, 0.717) is 0 Å². The maximum Gasteiger partial charge on any atom is 0.135 e. The molecule has 0 saturated heterocycles. The summed E-state index contributed by atoms with van der Waals surface area (Å²) in [4.78, 5) is 0. The topological polar surface area (TPSA) is 9.23 Å². The van der Waals surface area contributed by atoms with Gasteiger partial charge >= 0.3 is 0 Å². The number of rotatable bonds is 1. The van der Waals surface area contributed by atoms with Gasteiger partial charge in [0.05, 0.1) is 0 Å². The van der Waals surface area contributed by atoms with E-state index in [4.69, 9.17) is 4.74 Å². The minimum Gasteiger partial charge on any atom is -0.456 e. The average molecular weight is 394 g/mol. The quantitative estimate of drug-likeness (QED) is 0.253. The number of hydrogen-bond donors (Lipinski definition) is 0. The van der Waals surface area contributed by atoms with Gasteiger partial charge in [-0.3, -0.25) is 0 Å². The summed E-state index contributed by atoms with van der Waals surface area (Å²) in [7, 11) is 0. The SMILES string of the molecule is c1cc2c3c(cccc3c1)-c1cc(-c3ccc4c(ccc5ccccc54)c3)ccc1O2. The van der Waals surface area contributed by atoms with Crippen LogP contribution in [0, 0.1) is 0 Å². The highest BCUT2D eigenvalue weighted by molar-refractivity contribution is 6.09. The molecule has 0 aromatic heterocycles. The molecule has 0 radical (unpaired) electrons. The lowest BCUT2D eigenvalue weighted by atomic mass is 9.91. The Labute approximate surface area is 180 Å². The van der Waals surface area contributed by atoms with E-state index in [0.717, 1.165) is 17.1 Å². The molecule has 0 unspecified atom stereocenters. The summed E-state index contributed by atoms with van der Waals surface area (Å²) >= 11 is 0. The van der Waals surface area contributed by atoms with E-state index in [-0.39, 0.29) is 0 Å². The molecule has 144 valence electrons. The smallest absolute Gasteiger partial charge is 0.135 e. The molecular weight excluding hydrogens is 376 g/mol. The van der Waals surface area contributed by atoms with E-state index in [9.17, 15) is 0 Å². The Hall–Kier alpha value is -4.10. The average Bonchev–Trinajstić information content (AvgIpc) is 2.84. The van der Waals surface area contributed by atoms with Crippen molar-refractivity contribution in [1.29, 1.82) is 0 Å². The van der Waals surface area contributed by atoms with Gasteiger partial charge in [0.25, 0.3) is 0 Å². The van der Waals surface area contributed by atoms with Crippen LogP contribution < -0.4 is 4.74 Å². The Kier molecular flexibility index (Phi) is 3.33. The zero-order chi connectivity index (χ0) is 20.4. The fourth-order valence-corrected chi connectivity index (χ4v) is 4.94. The highest BCUT2D eigenvalue weighted by Gasteiger charge is 2.20. The molecule has 0 N–H and O–H groups in total. The van der Waals surface area contributed by atoms with Gasteiger partial charge in [0.1, 0.15) is 11.5 Å². The summed E-state index contributed by atoms with van der Waals surface area (Å²) in [5.74, 6) is 1.85. The van der Waals surface area contributed by atoms with Gasteiger partial charge < -0.3 is 4.74 Å². The van der Waals surface area contributed by atoms with E-state index in [2.05, 4.69) is 109 Å². The van der Waals surface area contributed by atoms with Crippen molar-refractivity contribution in [3.8, 4) is 33.8 Å². The first-order valence-electron chi connectivity index (χ1n) is 10.6. The van der Waals surface area contributed by atoms with E-state index >= 15 is 0 Å². The number of fused-ring (bicyclic) bond motifs is 5. The first-order valence-corrected chi connectivity index (χ1v) is 10.6. The standard InChI is InChI=1S/C30H18O/c1-2-8-24-19(5-1)11-12-23-17-21(13-15-25(23)24)22-14-16-28-27(18-22)26-9-3-6-20-7-4-10-29(31-28)30(20)26/h1-18H. The predicted molar refractivity (Wildman–Crippen MR) is 130 cm³/mol. The number of ether oxygens (including phenoxy) is 1. The predicted octanol–water partition coefficient (Wildman–Crippen LogP) is 8.59. The maximum absolute atomic E-state index is 6.26. The Morgan fingerprint density at radius 2 is 1.16 bits per heavy atom. The van der Waals surface area contributed by atoms with Gasteiger partial charge in [-0.05, 0) is 67.9 Å². The fourth-order valence-electron chi connectivity index (χ4n) is 4.94. The van der Waals surface area contributed by atoms with Crippen molar-refractivity contribution in [1.82, 2.24) is 0 Å². The molecule has 0 amide bonds. The van der Waals surface area contributed by atoms with Crippen LogP contribution >= 0.6 is 0 Å². The van der Waals surface area contributed by atoms with E-state index < -0.39 is 0 Å². The molecule has 0 spiro atoms. The van der Waals surface area contributed by atoms with Crippen molar-refractivity contribution in [3.05, 3.63) is 109 Å². The molecule has 7 rings (SSSR count). The summed E-state index contributed by atoms with van der Waals surface area (Å²) < 4.78 is 6.26. The van der Waals surface area contributed by atoms with Crippen molar-refractivity contribution >= 4 is 32.3 Å². The first kappa shape index (κ1) is 16.7. The van der Waals surface area contributed by atoms with E-state index in [1.807, 2.05) is 0 Å². The van der Waals surface area contributed by atoms with Crippen molar-refractivity contribution < 1.29 is 4.74 Å². The third kappa shape index (κ3) is 2.44. The molecule has 0 aliphatic carbocycles. The van der Waals surface area contributed by atoms with E-state index in [1.54, 1.807) is 0 Å². The van der Waals surface area contributed by atoms with Crippen LogP contribution in [0.2, 0.25) is 0 Å². The number of hydrogen-bond acceptors (Lipinski definition) is 1. The minimum absolute atomic E-state index is 0.918.